The number of nitriles is 2. The molecule has 2 N–H and O–H groups in total. The van der Waals surface area contributed by atoms with Gasteiger partial charge in [-0.1, -0.05) is 0 Å². The summed E-state index contributed by atoms with van der Waals surface area (Å²) in [6.45, 7) is -0.182. The second-order valence-corrected chi connectivity index (χ2v) is 3.91. The molecule has 0 fully saturated rings. The van der Waals surface area contributed by atoms with Crippen LogP contribution in [0.3, 0.4) is 0 Å². The Bertz CT molecular complexity index is 671. The van der Waals surface area contributed by atoms with Gasteiger partial charge in [-0.05, 0) is 0 Å². The predicted molar refractivity (Wildman–Crippen MR) is 68.7 cm³/mol. The molecule has 9 nitrogen and oxygen atoms in total. The molecule has 0 radical (unpaired) electrons. The number of hydrogen-bond donors (Lipinski definition) is 1. The van der Waals surface area contributed by atoms with E-state index >= 15 is 0 Å². The van der Waals surface area contributed by atoms with Crippen LogP contribution in [0.25, 0.3) is 0 Å². The summed E-state index contributed by atoms with van der Waals surface area (Å²) in [5.41, 5.74) is 2.96. The summed E-state index contributed by atoms with van der Waals surface area (Å²) in [6.07, 6.45) is -0.0670. The molecule has 0 unspecified atom stereocenters. The number of nitrogens with zero attached hydrogens (tertiary/aromatic N) is 5. The minimum Gasteiger partial charge on any atom is -0.329 e. The van der Waals surface area contributed by atoms with Crippen molar-refractivity contribution >= 4 is 0 Å². The van der Waals surface area contributed by atoms with Gasteiger partial charge in [0.2, 0.25) is 0 Å². The summed E-state index contributed by atoms with van der Waals surface area (Å²) in [6, 6.07) is 3.65. The van der Waals surface area contributed by atoms with Crippen molar-refractivity contribution in [1.29, 1.82) is 10.5 Å². The molecular formula is C11H14N6O3. The van der Waals surface area contributed by atoms with Crippen molar-refractivity contribution in [2.24, 2.45) is 5.73 Å². The van der Waals surface area contributed by atoms with Crippen molar-refractivity contribution in [3.8, 4) is 12.1 Å². The second kappa shape index (κ2) is 7.07. The summed E-state index contributed by atoms with van der Waals surface area (Å²) in [5.74, 6) is 0. The van der Waals surface area contributed by atoms with Gasteiger partial charge in [-0.2, -0.15) is 10.5 Å². The molecule has 0 aromatic carbocycles. The van der Waals surface area contributed by atoms with Crippen LogP contribution in [0.5, 0.6) is 0 Å². The van der Waals surface area contributed by atoms with Gasteiger partial charge in [0.25, 0.3) is 0 Å². The van der Waals surface area contributed by atoms with E-state index in [2.05, 4.69) is 0 Å². The van der Waals surface area contributed by atoms with Crippen molar-refractivity contribution in [3.05, 3.63) is 31.5 Å². The molecule has 106 valence electrons. The average molecular weight is 278 g/mol. The summed E-state index contributed by atoms with van der Waals surface area (Å²) in [4.78, 5) is 36.1. The Kier molecular flexibility index (Phi) is 5.44. The topological polar surface area (TPSA) is 140 Å². The highest BCUT2D eigenvalue weighted by Crippen LogP contribution is 1.83. The number of nitrogens with two attached hydrogens (primary N) is 1. The molecule has 0 aliphatic rings. The van der Waals surface area contributed by atoms with Crippen molar-refractivity contribution in [3.63, 3.8) is 0 Å². The summed E-state index contributed by atoms with van der Waals surface area (Å²) in [7, 11) is 0. The van der Waals surface area contributed by atoms with E-state index in [-0.39, 0.29) is 39.0 Å². The second-order valence-electron chi connectivity index (χ2n) is 3.91. The Morgan fingerprint density at radius 3 is 1.45 bits per heavy atom. The highest BCUT2D eigenvalue weighted by atomic mass is 16.2. The van der Waals surface area contributed by atoms with Gasteiger partial charge in [0.15, 0.2) is 0 Å². The molecule has 9 heteroatoms. The first-order chi connectivity index (χ1) is 9.58. The van der Waals surface area contributed by atoms with Crippen molar-refractivity contribution in [1.82, 2.24) is 13.7 Å². The van der Waals surface area contributed by atoms with E-state index in [9.17, 15) is 14.4 Å². The van der Waals surface area contributed by atoms with Gasteiger partial charge in [0.05, 0.1) is 25.0 Å². The maximum atomic E-state index is 12.0. The molecule has 0 saturated heterocycles. The zero-order valence-electron chi connectivity index (χ0n) is 10.8. The van der Waals surface area contributed by atoms with Gasteiger partial charge in [0.1, 0.15) is 0 Å². The zero-order valence-corrected chi connectivity index (χ0v) is 10.8. The first-order valence-corrected chi connectivity index (χ1v) is 5.97. The normalized spacial score (nSPS) is 9.95. The fourth-order valence-corrected chi connectivity index (χ4v) is 1.71. The van der Waals surface area contributed by atoms with Crippen LogP contribution in [0.15, 0.2) is 14.4 Å². The van der Waals surface area contributed by atoms with Crippen LogP contribution in [0.4, 0.5) is 0 Å². The van der Waals surface area contributed by atoms with Crippen molar-refractivity contribution < 1.29 is 0 Å². The van der Waals surface area contributed by atoms with Crippen LogP contribution in [-0.4, -0.2) is 20.2 Å². The SMILES string of the molecule is N#CCCn1c(=O)n(CCN)c(=O)n(CCC#N)c1=O. The molecule has 0 bridgehead atoms. The van der Waals surface area contributed by atoms with E-state index in [4.69, 9.17) is 16.3 Å². The van der Waals surface area contributed by atoms with Gasteiger partial charge in [-0.15, -0.1) is 0 Å². The van der Waals surface area contributed by atoms with E-state index in [1.807, 2.05) is 12.1 Å². The Morgan fingerprint density at radius 1 is 0.800 bits per heavy atom. The molecule has 0 spiro atoms. The predicted octanol–water partition coefficient (Wildman–Crippen LogP) is -2.04. The smallest absolute Gasteiger partial charge is 0.329 e. The number of aromatic nitrogens is 3. The molecule has 1 rings (SSSR count). The third-order valence-corrected chi connectivity index (χ3v) is 2.63. The van der Waals surface area contributed by atoms with Crippen LogP contribution in [0.1, 0.15) is 12.8 Å². The standard InChI is InChI=1S/C11H14N6O3/c12-3-1-6-15-9(18)16(7-2-4-13)11(20)17(8-5-14)10(15)19/h1-2,5-8,14H2. The Balaban J connectivity index is 3.53. The molecule has 20 heavy (non-hydrogen) atoms. The maximum absolute atomic E-state index is 12.0. The summed E-state index contributed by atoms with van der Waals surface area (Å²) < 4.78 is 2.48. The molecule has 1 aromatic rings. The average Bonchev–Trinajstić information content (AvgIpc) is 2.43. The Labute approximate surface area is 113 Å². The molecule has 0 amide bonds. The minimum atomic E-state index is -0.807. The lowest BCUT2D eigenvalue weighted by molar-refractivity contribution is 0.452. The van der Waals surface area contributed by atoms with Gasteiger partial charge in [-0.25, -0.2) is 28.1 Å². The molecule has 0 atom stereocenters. The van der Waals surface area contributed by atoms with E-state index in [0.29, 0.717) is 0 Å². The quantitative estimate of drug-likeness (QED) is 0.635. The van der Waals surface area contributed by atoms with Crippen LogP contribution in [0, 0.1) is 22.7 Å². The van der Waals surface area contributed by atoms with Gasteiger partial charge in [-0.3, -0.25) is 0 Å². The molecule has 0 aliphatic carbocycles. The highest BCUT2D eigenvalue weighted by Gasteiger charge is 2.14. The first-order valence-electron chi connectivity index (χ1n) is 5.97. The van der Waals surface area contributed by atoms with E-state index in [1.54, 1.807) is 0 Å². The maximum Gasteiger partial charge on any atom is 0.336 e. The first kappa shape index (κ1) is 15.4. The van der Waals surface area contributed by atoms with Crippen LogP contribution in [-0.2, 0) is 19.6 Å². The monoisotopic (exact) mass is 278 g/mol. The Hall–Kier alpha value is -2.65. The minimum absolute atomic E-state index is 0.0307. The molecule has 0 saturated carbocycles. The lowest BCUT2D eigenvalue weighted by Crippen LogP contribution is -2.55. The van der Waals surface area contributed by atoms with E-state index < -0.39 is 17.1 Å². The van der Waals surface area contributed by atoms with Crippen molar-refractivity contribution in [2.45, 2.75) is 32.5 Å². The van der Waals surface area contributed by atoms with E-state index in [0.717, 1.165) is 13.7 Å². The van der Waals surface area contributed by atoms with Gasteiger partial charge in [0, 0.05) is 26.2 Å². The fourth-order valence-electron chi connectivity index (χ4n) is 1.71. The largest absolute Gasteiger partial charge is 0.336 e. The molecule has 1 heterocycles. The number of rotatable bonds is 6. The lowest BCUT2D eigenvalue weighted by Gasteiger charge is -2.11. The zero-order chi connectivity index (χ0) is 15.1. The third kappa shape index (κ3) is 3.02. The third-order valence-electron chi connectivity index (χ3n) is 2.63. The molecular weight excluding hydrogens is 264 g/mol. The van der Waals surface area contributed by atoms with Crippen LogP contribution in [0.2, 0.25) is 0 Å². The van der Waals surface area contributed by atoms with Crippen molar-refractivity contribution in [2.75, 3.05) is 6.54 Å². The molecule has 0 aliphatic heterocycles. The van der Waals surface area contributed by atoms with E-state index in [1.165, 1.54) is 0 Å². The Morgan fingerprint density at radius 2 is 1.15 bits per heavy atom. The van der Waals surface area contributed by atoms with Crippen LogP contribution < -0.4 is 22.8 Å². The summed E-state index contributed by atoms with van der Waals surface area (Å²) in [5, 5.41) is 17.1. The van der Waals surface area contributed by atoms with Crippen LogP contribution >= 0.6 is 0 Å². The fraction of sp³-hybridized carbons (Fsp3) is 0.545. The highest BCUT2D eigenvalue weighted by molar-refractivity contribution is 4.82. The summed E-state index contributed by atoms with van der Waals surface area (Å²) >= 11 is 0. The number of hydrogen-bond acceptors (Lipinski definition) is 6. The van der Waals surface area contributed by atoms with Gasteiger partial charge < -0.3 is 5.73 Å². The van der Waals surface area contributed by atoms with Gasteiger partial charge >= 0.3 is 17.1 Å². The lowest BCUT2D eigenvalue weighted by atomic mass is 10.4. The molecule has 1 aromatic heterocycles.